The molecule has 98 valence electrons. The molecule has 0 radical (unpaired) electrons. The van der Waals surface area contributed by atoms with Gasteiger partial charge in [-0.3, -0.25) is 9.59 Å². The van der Waals surface area contributed by atoms with Crippen molar-refractivity contribution in [3.63, 3.8) is 0 Å². The minimum Gasteiger partial charge on any atom is -0.370 e. The van der Waals surface area contributed by atoms with Crippen molar-refractivity contribution in [2.75, 3.05) is 0 Å². The minimum absolute atomic E-state index is 0.252. The Bertz CT molecular complexity index is 702. The van der Waals surface area contributed by atoms with Crippen LogP contribution in [-0.4, -0.2) is 16.7 Å². The van der Waals surface area contributed by atoms with E-state index in [2.05, 4.69) is 0 Å². The zero-order chi connectivity index (χ0) is 14.2. The number of carbonyl (C=O) groups excluding carboxylic acids is 2. The van der Waals surface area contributed by atoms with Crippen LogP contribution in [0.1, 0.15) is 11.1 Å². The first-order chi connectivity index (χ1) is 9.64. The van der Waals surface area contributed by atoms with Gasteiger partial charge in [0, 0.05) is 5.57 Å². The third kappa shape index (κ3) is 1.72. The van der Waals surface area contributed by atoms with E-state index in [1.54, 1.807) is 54.6 Å². The summed E-state index contributed by atoms with van der Waals surface area (Å²) in [6.07, 6.45) is 1.23. The maximum atomic E-state index is 12.5. The lowest BCUT2D eigenvalue weighted by Crippen LogP contribution is -2.38. The summed E-state index contributed by atoms with van der Waals surface area (Å²) in [7, 11) is 0. The first-order valence-corrected chi connectivity index (χ1v) is 6.28. The molecule has 0 amide bonds. The highest BCUT2D eigenvalue weighted by Crippen LogP contribution is 2.36. The normalized spacial score (nSPS) is 21.9. The molecular weight excluding hydrogens is 252 g/mol. The Morgan fingerprint density at radius 2 is 1.35 bits per heavy atom. The molecule has 0 heterocycles. The molecule has 3 nitrogen and oxygen atoms in total. The van der Waals surface area contributed by atoms with Crippen LogP contribution in [0.3, 0.4) is 0 Å². The van der Waals surface area contributed by atoms with Crippen LogP contribution in [0.2, 0.25) is 0 Å². The Balaban J connectivity index is 2.08. The monoisotopic (exact) mass is 264 g/mol. The SMILES string of the molecule is O=C1C=C(c2ccccc2)C(=O)[C@@]1(O)c1ccccc1. The highest BCUT2D eigenvalue weighted by Gasteiger charge is 2.50. The van der Waals surface area contributed by atoms with Crippen molar-refractivity contribution in [3.8, 4) is 0 Å². The predicted molar refractivity (Wildman–Crippen MR) is 74.8 cm³/mol. The van der Waals surface area contributed by atoms with Gasteiger partial charge in [0.05, 0.1) is 0 Å². The fraction of sp³-hybridized carbons (Fsp3) is 0.0588. The van der Waals surface area contributed by atoms with Gasteiger partial charge in [0.1, 0.15) is 0 Å². The Hall–Kier alpha value is -2.52. The molecule has 3 heteroatoms. The van der Waals surface area contributed by atoms with Gasteiger partial charge >= 0.3 is 0 Å². The molecule has 20 heavy (non-hydrogen) atoms. The highest BCUT2D eigenvalue weighted by atomic mass is 16.3. The lowest BCUT2D eigenvalue weighted by atomic mass is 9.87. The first kappa shape index (κ1) is 12.5. The number of Topliss-reactive ketones (excluding diaryl/α,β-unsaturated/α-hetero) is 1. The van der Waals surface area contributed by atoms with Crippen LogP contribution in [0.5, 0.6) is 0 Å². The summed E-state index contributed by atoms with van der Waals surface area (Å²) in [6, 6.07) is 17.2. The van der Waals surface area contributed by atoms with Gasteiger partial charge in [-0.25, -0.2) is 0 Å². The van der Waals surface area contributed by atoms with Gasteiger partial charge in [0.15, 0.2) is 0 Å². The molecule has 1 atom stereocenters. The summed E-state index contributed by atoms with van der Waals surface area (Å²) in [6.45, 7) is 0. The van der Waals surface area contributed by atoms with Crippen molar-refractivity contribution in [1.29, 1.82) is 0 Å². The Kier molecular flexibility index (Phi) is 2.84. The number of hydrogen-bond donors (Lipinski definition) is 1. The lowest BCUT2D eigenvalue weighted by Gasteiger charge is -2.20. The molecule has 0 saturated carbocycles. The third-order valence-corrected chi connectivity index (χ3v) is 3.48. The number of rotatable bonds is 2. The van der Waals surface area contributed by atoms with Gasteiger partial charge in [0.2, 0.25) is 17.2 Å². The van der Waals surface area contributed by atoms with Gasteiger partial charge in [0.25, 0.3) is 0 Å². The van der Waals surface area contributed by atoms with E-state index in [1.165, 1.54) is 6.08 Å². The molecule has 3 rings (SSSR count). The third-order valence-electron chi connectivity index (χ3n) is 3.48. The van der Waals surface area contributed by atoms with Gasteiger partial charge < -0.3 is 5.11 Å². The predicted octanol–water partition coefficient (Wildman–Crippen LogP) is 2.11. The summed E-state index contributed by atoms with van der Waals surface area (Å²) >= 11 is 0. The van der Waals surface area contributed by atoms with Crippen molar-refractivity contribution in [1.82, 2.24) is 0 Å². The largest absolute Gasteiger partial charge is 0.370 e. The van der Waals surface area contributed by atoms with Gasteiger partial charge in [-0.2, -0.15) is 0 Å². The van der Waals surface area contributed by atoms with Crippen molar-refractivity contribution in [2.45, 2.75) is 5.60 Å². The van der Waals surface area contributed by atoms with E-state index in [-0.39, 0.29) is 5.57 Å². The Labute approximate surface area is 116 Å². The van der Waals surface area contributed by atoms with E-state index in [0.29, 0.717) is 11.1 Å². The number of ketones is 2. The van der Waals surface area contributed by atoms with E-state index in [0.717, 1.165) is 0 Å². The maximum absolute atomic E-state index is 12.5. The van der Waals surface area contributed by atoms with Gasteiger partial charge in [-0.1, -0.05) is 60.7 Å². The molecule has 0 saturated heterocycles. The number of carbonyl (C=O) groups is 2. The van der Waals surface area contributed by atoms with Crippen molar-refractivity contribution < 1.29 is 14.7 Å². The molecule has 1 aliphatic carbocycles. The highest BCUT2D eigenvalue weighted by molar-refractivity contribution is 6.41. The second-order valence-electron chi connectivity index (χ2n) is 4.69. The fourth-order valence-corrected chi connectivity index (χ4v) is 2.39. The van der Waals surface area contributed by atoms with Crippen LogP contribution in [-0.2, 0) is 15.2 Å². The smallest absolute Gasteiger partial charge is 0.215 e. The van der Waals surface area contributed by atoms with E-state index >= 15 is 0 Å². The molecule has 2 aromatic carbocycles. The van der Waals surface area contributed by atoms with Crippen molar-refractivity contribution in [2.24, 2.45) is 0 Å². The quantitative estimate of drug-likeness (QED) is 0.845. The number of benzene rings is 2. The van der Waals surface area contributed by atoms with E-state index in [9.17, 15) is 14.7 Å². The second kappa shape index (κ2) is 4.54. The number of aliphatic hydroxyl groups is 1. The molecule has 0 aliphatic heterocycles. The van der Waals surface area contributed by atoms with Crippen LogP contribution in [0, 0.1) is 0 Å². The summed E-state index contributed by atoms with van der Waals surface area (Å²) in [5, 5.41) is 10.6. The summed E-state index contributed by atoms with van der Waals surface area (Å²) < 4.78 is 0. The minimum atomic E-state index is -2.09. The summed E-state index contributed by atoms with van der Waals surface area (Å²) in [5.41, 5.74) is -0.899. The standard InChI is InChI=1S/C17H12O3/c18-15-11-14(12-7-3-1-4-8-12)16(19)17(15,20)13-9-5-2-6-10-13/h1-11,20H/t17-/m1/s1. The summed E-state index contributed by atoms with van der Waals surface area (Å²) in [4.78, 5) is 24.6. The van der Waals surface area contributed by atoms with E-state index in [1.807, 2.05) is 6.07 Å². The second-order valence-corrected chi connectivity index (χ2v) is 4.69. The molecule has 0 bridgehead atoms. The summed E-state index contributed by atoms with van der Waals surface area (Å²) in [5.74, 6) is -1.16. The molecule has 1 N–H and O–H groups in total. The Morgan fingerprint density at radius 1 is 0.800 bits per heavy atom. The zero-order valence-electron chi connectivity index (χ0n) is 10.6. The average Bonchev–Trinajstić information content (AvgIpc) is 2.74. The molecular formula is C17H12O3. The van der Waals surface area contributed by atoms with Gasteiger partial charge in [-0.05, 0) is 17.2 Å². The van der Waals surface area contributed by atoms with Gasteiger partial charge in [-0.15, -0.1) is 0 Å². The Morgan fingerprint density at radius 3 is 1.95 bits per heavy atom. The van der Waals surface area contributed by atoms with Crippen LogP contribution >= 0.6 is 0 Å². The first-order valence-electron chi connectivity index (χ1n) is 6.28. The molecule has 0 unspecified atom stereocenters. The molecule has 0 fully saturated rings. The molecule has 0 spiro atoms. The fourth-order valence-electron chi connectivity index (χ4n) is 2.39. The lowest BCUT2D eigenvalue weighted by molar-refractivity contribution is -0.143. The van der Waals surface area contributed by atoms with Crippen LogP contribution in [0.4, 0.5) is 0 Å². The van der Waals surface area contributed by atoms with Crippen molar-refractivity contribution in [3.05, 3.63) is 77.9 Å². The van der Waals surface area contributed by atoms with Crippen LogP contribution < -0.4 is 0 Å². The topological polar surface area (TPSA) is 54.4 Å². The molecule has 1 aliphatic rings. The van der Waals surface area contributed by atoms with Crippen LogP contribution in [0.15, 0.2) is 66.7 Å². The van der Waals surface area contributed by atoms with E-state index < -0.39 is 17.2 Å². The maximum Gasteiger partial charge on any atom is 0.215 e. The zero-order valence-corrected chi connectivity index (χ0v) is 10.6. The van der Waals surface area contributed by atoms with E-state index in [4.69, 9.17) is 0 Å². The van der Waals surface area contributed by atoms with Crippen molar-refractivity contribution >= 4 is 17.1 Å². The van der Waals surface area contributed by atoms with Crippen LogP contribution in [0.25, 0.3) is 5.57 Å². The molecule has 2 aromatic rings. The molecule has 0 aromatic heterocycles. The average molecular weight is 264 g/mol. The number of hydrogen-bond acceptors (Lipinski definition) is 3.